The van der Waals surface area contributed by atoms with E-state index in [1.807, 2.05) is 28.8 Å². The Balaban J connectivity index is 1.34. The largest absolute Gasteiger partial charge is 0.420 e. The third-order valence-corrected chi connectivity index (χ3v) is 7.11. The fraction of sp³-hybridized carbons (Fsp3) is 0.296. The monoisotopic (exact) mass is 410 g/mol. The van der Waals surface area contributed by atoms with E-state index in [4.69, 9.17) is 4.42 Å². The minimum atomic E-state index is -0.232. The van der Waals surface area contributed by atoms with Gasteiger partial charge in [0.1, 0.15) is 0 Å². The number of benzene rings is 3. The maximum Gasteiger partial charge on any atom is 0.420 e. The molecule has 31 heavy (non-hydrogen) atoms. The SMILES string of the molecule is O=c1oc2ccccc2n1C1CCN(C2c3ccccc3CCc3ccccc32)CC1. The second-order valence-electron chi connectivity index (χ2n) is 8.77. The van der Waals surface area contributed by atoms with E-state index >= 15 is 0 Å². The highest BCUT2D eigenvalue weighted by molar-refractivity contribution is 5.72. The summed E-state index contributed by atoms with van der Waals surface area (Å²) in [5, 5.41) is 0. The summed E-state index contributed by atoms with van der Waals surface area (Å²) in [5.74, 6) is -0.232. The second kappa shape index (κ2) is 7.54. The summed E-state index contributed by atoms with van der Waals surface area (Å²) in [6.07, 6.45) is 4.08. The van der Waals surface area contributed by atoms with Gasteiger partial charge in [-0.05, 0) is 60.1 Å². The van der Waals surface area contributed by atoms with Crippen LogP contribution in [-0.2, 0) is 12.8 Å². The molecule has 2 aliphatic rings. The standard InChI is InChI=1S/C27H26N2O2/c30-27-29(24-11-5-6-12-25(24)31-27)21-15-17-28(18-16-21)26-22-9-3-1-7-19(22)13-14-20-8-2-4-10-23(20)26/h1-12,21,26H,13-18H2. The molecule has 6 rings (SSSR count). The zero-order chi connectivity index (χ0) is 20.8. The number of fused-ring (bicyclic) bond motifs is 3. The minimum absolute atomic E-state index is 0.184. The molecule has 4 heteroatoms. The minimum Gasteiger partial charge on any atom is -0.408 e. The van der Waals surface area contributed by atoms with Crippen molar-refractivity contribution in [3.8, 4) is 0 Å². The van der Waals surface area contributed by atoms with E-state index in [-0.39, 0.29) is 17.8 Å². The van der Waals surface area contributed by atoms with Crippen LogP contribution in [-0.4, -0.2) is 22.6 Å². The summed E-state index contributed by atoms with van der Waals surface area (Å²) in [6.45, 7) is 1.92. The highest BCUT2D eigenvalue weighted by atomic mass is 16.4. The molecule has 3 aromatic carbocycles. The number of aryl methyl sites for hydroxylation is 2. The molecule has 4 nitrogen and oxygen atoms in total. The van der Waals surface area contributed by atoms with Crippen molar-refractivity contribution in [2.45, 2.75) is 37.8 Å². The van der Waals surface area contributed by atoms with Crippen LogP contribution in [0.1, 0.15) is 47.2 Å². The van der Waals surface area contributed by atoms with Gasteiger partial charge in [0.15, 0.2) is 5.58 Å². The van der Waals surface area contributed by atoms with E-state index in [9.17, 15) is 4.79 Å². The molecular formula is C27H26N2O2. The Morgan fingerprint density at radius 3 is 2.00 bits per heavy atom. The molecule has 0 atom stereocenters. The molecule has 0 saturated carbocycles. The van der Waals surface area contributed by atoms with Gasteiger partial charge >= 0.3 is 5.76 Å². The summed E-state index contributed by atoms with van der Waals surface area (Å²) >= 11 is 0. The smallest absolute Gasteiger partial charge is 0.408 e. The van der Waals surface area contributed by atoms with Crippen molar-refractivity contribution in [2.75, 3.05) is 13.1 Å². The zero-order valence-corrected chi connectivity index (χ0v) is 17.5. The van der Waals surface area contributed by atoms with Crippen LogP contribution in [0.15, 0.2) is 82.0 Å². The molecule has 0 bridgehead atoms. The maximum atomic E-state index is 12.6. The van der Waals surface area contributed by atoms with Crippen LogP contribution in [0.2, 0.25) is 0 Å². The summed E-state index contributed by atoms with van der Waals surface area (Å²) in [6, 6.07) is 26.1. The van der Waals surface area contributed by atoms with Gasteiger partial charge in [-0.15, -0.1) is 0 Å². The number of oxazole rings is 1. The molecular weight excluding hydrogens is 384 g/mol. The second-order valence-corrected chi connectivity index (χ2v) is 8.77. The number of hydrogen-bond donors (Lipinski definition) is 0. The van der Waals surface area contributed by atoms with Crippen molar-refractivity contribution in [3.05, 3.63) is 106 Å². The van der Waals surface area contributed by atoms with Crippen molar-refractivity contribution in [3.63, 3.8) is 0 Å². The molecule has 4 aromatic rings. The van der Waals surface area contributed by atoms with Crippen molar-refractivity contribution < 1.29 is 4.42 Å². The molecule has 1 fully saturated rings. The Morgan fingerprint density at radius 1 is 0.742 bits per heavy atom. The van der Waals surface area contributed by atoms with Crippen LogP contribution in [0.5, 0.6) is 0 Å². The highest BCUT2D eigenvalue weighted by Crippen LogP contribution is 2.39. The third kappa shape index (κ3) is 3.14. The van der Waals surface area contributed by atoms with Crippen LogP contribution in [0, 0.1) is 0 Å². The molecule has 156 valence electrons. The molecule has 1 saturated heterocycles. The average Bonchev–Trinajstić information content (AvgIpc) is 3.05. The van der Waals surface area contributed by atoms with Crippen molar-refractivity contribution in [1.82, 2.24) is 9.47 Å². The number of piperidine rings is 1. The molecule has 0 N–H and O–H groups in total. The van der Waals surface area contributed by atoms with E-state index in [0.717, 1.165) is 44.3 Å². The van der Waals surface area contributed by atoms with E-state index in [1.54, 1.807) is 0 Å². The number of nitrogens with zero attached hydrogens (tertiary/aromatic N) is 2. The van der Waals surface area contributed by atoms with Crippen molar-refractivity contribution in [2.24, 2.45) is 0 Å². The first-order valence-electron chi connectivity index (χ1n) is 11.3. The highest BCUT2D eigenvalue weighted by Gasteiger charge is 2.32. The molecule has 1 aliphatic heterocycles. The van der Waals surface area contributed by atoms with Crippen LogP contribution in [0.25, 0.3) is 11.1 Å². The first kappa shape index (κ1) is 18.6. The molecule has 0 unspecified atom stereocenters. The molecule has 0 amide bonds. The van der Waals surface area contributed by atoms with Gasteiger partial charge in [0.05, 0.1) is 11.6 Å². The van der Waals surface area contributed by atoms with E-state index in [1.165, 1.54) is 22.3 Å². The number of rotatable bonds is 2. The van der Waals surface area contributed by atoms with Gasteiger partial charge in [0, 0.05) is 19.1 Å². The van der Waals surface area contributed by atoms with Gasteiger partial charge in [-0.1, -0.05) is 60.7 Å². The van der Waals surface area contributed by atoms with E-state index < -0.39 is 0 Å². The first-order valence-corrected chi connectivity index (χ1v) is 11.3. The van der Waals surface area contributed by atoms with Crippen molar-refractivity contribution >= 4 is 11.1 Å². The molecule has 0 spiro atoms. The fourth-order valence-electron chi connectivity index (χ4n) is 5.62. The topological polar surface area (TPSA) is 38.4 Å². The van der Waals surface area contributed by atoms with Gasteiger partial charge in [0.2, 0.25) is 0 Å². The molecule has 1 aliphatic carbocycles. The molecule has 1 aromatic heterocycles. The van der Waals surface area contributed by atoms with Crippen molar-refractivity contribution in [1.29, 1.82) is 0 Å². The lowest BCUT2D eigenvalue weighted by Gasteiger charge is -2.39. The number of hydrogen-bond acceptors (Lipinski definition) is 3. The summed E-state index contributed by atoms with van der Waals surface area (Å²) < 4.78 is 7.38. The third-order valence-electron chi connectivity index (χ3n) is 7.11. The van der Waals surface area contributed by atoms with Crippen LogP contribution in [0.4, 0.5) is 0 Å². The lowest BCUT2D eigenvalue weighted by atomic mass is 9.91. The Labute approximate surface area is 181 Å². The van der Waals surface area contributed by atoms with E-state index in [2.05, 4.69) is 53.4 Å². The Hall–Kier alpha value is -3.11. The summed E-state index contributed by atoms with van der Waals surface area (Å²) in [5.41, 5.74) is 7.40. The zero-order valence-electron chi connectivity index (χ0n) is 17.5. The van der Waals surface area contributed by atoms with Gasteiger partial charge in [-0.25, -0.2) is 4.79 Å². The number of aromatic nitrogens is 1. The molecule has 0 radical (unpaired) electrons. The summed E-state index contributed by atoms with van der Waals surface area (Å²) in [7, 11) is 0. The fourth-order valence-corrected chi connectivity index (χ4v) is 5.62. The normalized spacial score (nSPS) is 17.9. The maximum absolute atomic E-state index is 12.6. The lowest BCUT2D eigenvalue weighted by molar-refractivity contribution is 0.151. The van der Waals surface area contributed by atoms with E-state index in [0.29, 0.717) is 5.58 Å². The lowest BCUT2D eigenvalue weighted by Crippen LogP contribution is -2.39. The van der Waals surface area contributed by atoms with Crippen LogP contribution >= 0.6 is 0 Å². The Kier molecular flexibility index (Phi) is 4.53. The van der Waals surface area contributed by atoms with Crippen LogP contribution < -0.4 is 5.76 Å². The summed E-state index contributed by atoms with van der Waals surface area (Å²) in [4.78, 5) is 15.2. The average molecular weight is 411 g/mol. The number of para-hydroxylation sites is 2. The predicted molar refractivity (Wildman–Crippen MR) is 122 cm³/mol. The van der Waals surface area contributed by atoms with Gasteiger partial charge in [-0.3, -0.25) is 9.47 Å². The quantitative estimate of drug-likeness (QED) is 0.460. The first-order chi connectivity index (χ1) is 15.3. The number of likely N-dealkylation sites (tertiary alicyclic amines) is 1. The van der Waals surface area contributed by atoms with Gasteiger partial charge in [-0.2, -0.15) is 0 Å². The van der Waals surface area contributed by atoms with Gasteiger partial charge < -0.3 is 4.42 Å². The Morgan fingerprint density at radius 2 is 1.32 bits per heavy atom. The Bertz CT molecular complexity index is 1250. The van der Waals surface area contributed by atoms with Crippen LogP contribution in [0.3, 0.4) is 0 Å². The van der Waals surface area contributed by atoms with Gasteiger partial charge in [0.25, 0.3) is 0 Å². The molecule has 2 heterocycles. The predicted octanol–water partition coefficient (Wildman–Crippen LogP) is 5.12.